The molecule has 1 atom stereocenters. The van der Waals surface area contributed by atoms with Crippen LogP contribution in [-0.2, 0) is 16.1 Å². The van der Waals surface area contributed by atoms with Crippen LogP contribution in [0.2, 0.25) is 0 Å². The van der Waals surface area contributed by atoms with E-state index in [1.54, 1.807) is 20.8 Å². The van der Waals surface area contributed by atoms with E-state index in [9.17, 15) is 14.7 Å². The zero-order chi connectivity index (χ0) is 15.6. The number of hydrogen-bond acceptors (Lipinski definition) is 4. The third-order valence-electron chi connectivity index (χ3n) is 3.34. The van der Waals surface area contributed by atoms with Gasteiger partial charge in [-0.25, -0.2) is 9.69 Å². The number of imide groups is 1. The Morgan fingerprint density at radius 3 is 2.76 bits per heavy atom. The predicted octanol–water partition coefficient (Wildman–Crippen LogP) is 2.43. The van der Waals surface area contributed by atoms with Gasteiger partial charge < -0.3 is 9.84 Å². The summed E-state index contributed by atoms with van der Waals surface area (Å²) in [4.78, 5) is 25.2. The third-order valence-corrected chi connectivity index (χ3v) is 3.34. The first kappa shape index (κ1) is 15.5. The molecule has 1 heterocycles. The van der Waals surface area contributed by atoms with Crippen LogP contribution in [0, 0.1) is 0 Å². The molecule has 114 valence electrons. The van der Waals surface area contributed by atoms with E-state index in [1.807, 2.05) is 24.3 Å². The van der Waals surface area contributed by atoms with Crippen molar-refractivity contribution >= 4 is 12.0 Å². The second-order valence-corrected chi connectivity index (χ2v) is 6.29. The second kappa shape index (κ2) is 5.85. The Bertz CT molecular complexity index is 547. The molecule has 5 nitrogen and oxygen atoms in total. The number of amides is 2. The number of rotatable bonds is 2. The lowest BCUT2D eigenvalue weighted by Gasteiger charge is -2.23. The summed E-state index contributed by atoms with van der Waals surface area (Å²) in [5.41, 5.74) is 1.14. The van der Waals surface area contributed by atoms with Crippen molar-refractivity contribution < 1.29 is 19.4 Å². The lowest BCUT2D eigenvalue weighted by molar-refractivity contribution is -0.126. The highest BCUT2D eigenvalue weighted by Crippen LogP contribution is 2.29. The van der Waals surface area contributed by atoms with Crippen molar-refractivity contribution in [3.8, 4) is 0 Å². The number of benzene rings is 1. The standard InChI is InChI=1S/C16H21NO4/c1-16(2,3)21-15(20)17-9-13(8-14(17)19)12-6-4-5-11(7-12)10-18/h4-7,13,18H,8-10H2,1-3H3/t13-/m1/s1. The van der Waals surface area contributed by atoms with Gasteiger partial charge in [0.2, 0.25) is 5.91 Å². The molecule has 0 aliphatic carbocycles. The Labute approximate surface area is 124 Å². The van der Waals surface area contributed by atoms with E-state index in [0.29, 0.717) is 6.54 Å². The van der Waals surface area contributed by atoms with Gasteiger partial charge in [-0.2, -0.15) is 0 Å². The lowest BCUT2D eigenvalue weighted by Crippen LogP contribution is -2.37. The van der Waals surface area contributed by atoms with Gasteiger partial charge in [-0.1, -0.05) is 24.3 Å². The zero-order valence-electron chi connectivity index (χ0n) is 12.6. The first-order valence-corrected chi connectivity index (χ1v) is 7.03. The Hall–Kier alpha value is -1.88. The monoisotopic (exact) mass is 291 g/mol. The van der Waals surface area contributed by atoms with Crippen molar-refractivity contribution in [2.24, 2.45) is 0 Å². The van der Waals surface area contributed by atoms with E-state index in [-0.39, 0.29) is 24.9 Å². The van der Waals surface area contributed by atoms with Crippen molar-refractivity contribution in [1.29, 1.82) is 0 Å². The molecule has 2 amide bonds. The van der Waals surface area contributed by atoms with Gasteiger partial charge in [-0.05, 0) is 31.9 Å². The minimum Gasteiger partial charge on any atom is -0.443 e. The molecule has 0 saturated carbocycles. The van der Waals surface area contributed by atoms with E-state index in [2.05, 4.69) is 0 Å². The van der Waals surface area contributed by atoms with Crippen LogP contribution in [0.3, 0.4) is 0 Å². The van der Waals surface area contributed by atoms with Crippen molar-refractivity contribution in [3.05, 3.63) is 35.4 Å². The normalized spacial score (nSPS) is 19.0. The maximum atomic E-state index is 12.0. The summed E-state index contributed by atoms with van der Waals surface area (Å²) in [5, 5.41) is 9.17. The van der Waals surface area contributed by atoms with E-state index >= 15 is 0 Å². The fraction of sp³-hybridized carbons (Fsp3) is 0.500. The van der Waals surface area contributed by atoms with Gasteiger partial charge in [0.15, 0.2) is 0 Å². The zero-order valence-corrected chi connectivity index (χ0v) is 12.6. The Morgan fingerprint density at radius 2 is 2.14 bits per heavy atom. The SMILES string of the molecule is CC(C)(C)OC(=O)N1C[C@H](c2cccc(CO)c2)CC1=O. The highest BCUT2D eigenvalue weighted by molar-refractivity contribution is 5.94. The number of likely N-dealkylation sites (tertiary alicyclic amines) is 1. The van der Waals surface area contributed by atoms with Gasteiger partial charge in [-0.3, -0.25) is 4.79 Å². The molecule has 1 aliphatic rings. The molecule has 0 radical (unpaired) electrons. The summed E-state index contributed by atoms with van der Waals surface area (Å²) >= 11 is 0. The van der Waals surface area contributed by atoms with Crippen molar-refractivity contribution in [1.82, 2.24) is 4.90 Å². The molecule has 1 aliphatic heterocycles. The minimum absolute atomic E-state index is 0.0374. The molecule has 0 aromatic heterocycles. The molecule has 0 bridgehead atoms. The van der Waals surface area contributed by atoms with Gasteiger partial charge >= 0.3 is 6.09 Å². The molecule has 1 N–H and O–H groups in total. The summed E-state index contributed by atoms with van der Waals surface area (Å²) in [7, 11) is 0. The van der Waals surface area contributed by atoms with Gasteiger partial charge in [0.25, 0.3) is 0 Å². The van der Waals surface area contributed by atoms with Crippen LogP contribution >= 0.6 is 0 Å². The molecular formula is C16H21NO4. The van der Waals surface area contributed by atoms with E-state index in [4.69, 9.17) is 4.74 Å². The Balaban J connectivity index is 2.10. The number of hydrogen-bond donors (Lipinski definition) is 1. The van der Waals surface area contributed by atoms with Crippen LogP contribution in [0.25, 0.3) is 0 Å². The van der Waals surface area contributed by atoms with Crippen LogP contribution in [0.1, 0.15) is 44.2 Å². The highest BCUT2D eigenvalue weighted by atomic mass is 16.6. The molecule has 5 heteroatoms. The van der Waals surface area contributed by atoms with Crippen LogP contribution in [0.4, 0.5) is 4.79 Å². The number of aliphatic hydroxyl groups excluding tert-OH is 1. The molecule has 0 spiro atoms. The lowest BCUT2D eigenvalue weighted by atomic mass is 9.97. The van der Waals surface area contributed by atoms with Crippen LogP contribution in [0.15, 0.2) is 24.3 Å². The predicted molar refractivity (Wildman–Crippen MR) is 77.7 cm³/mol. The number of ether oxygens (including phenoxy) is 1. The van der Waals surface area contributed by atoms with Gasteiger partial charge in [0.05, 0.1) is 6.61 Å². The average molecular weight is 291 g/mol. The summed E-state index contributed by atoms with van der Waals surface area (Å²) in [6.07, 6.45) is -0.304. The van der Waals surface area contributed by atoms with Gasteiger partial charge in [-0.15, -0.1) is 0 Å². The highest BCUT2D eigenvalue weighted by Gasteiger charge is 2.37. The maximum Gasteiger partial charge on any atom is 0.417 e. The third kappa shape index (κ3) is 3.82. The Kier molecular flexibility index (Phi) is 4.32. The van der Waals surface area contributed by atoms with Crippen molar-refractivity contribution in [3.63, 3.8) is 0 Å². The first-order chi connectivity index (χ1) is 9.80. The van der Waals surface area contributed by atoms with Crippen LogP contribution < -0.4 is 0 Å². The molecule has 2 rings (SSSR count). The van der Waals surface area contributed by atoms with E-state index in [1.165, 1.54) is 4.90 Å². The first-order valence-electron chi connectivity index (χ1n) is 7.03. The van der Waals surface area contributed by atoms with Crippen molar-refractivity contribution in [2.45, 2.75) is 45.3 Å². The average Bonchev–Trinajstić information content (AvgIpc) is 2.79. The van der Waals surface area contributed by atoms with E-state index in [0.717, 1.165) is 11.1 Å². The molecule has 1 fully saturated rings. The van der Waals surface area contributed by atoms with E-state index < -0.39 is 11.7 Å². The van der Waals surface area contributed by atoms with Gasteiger partial charge in [0, 0.05) is 18.9 Å². The second-order valence-electron chi connectivity index (χ2n) is 6.29. The number of nitrogens with zero attached hydrogens (tertiary/aromatic N) is 1. The topological polar surface area (TPSA) is 66.8 Å². The largest absolute Gasteiger partial charge is 0.443 e. The van der Waals surface area contributed by atoms with Crippen LogP contribution in [0.5, 0.6) is 0 Å². The molecule has 1 aromatic carbocycles. The summed E-state index contributed by atoms with van der Waals surface area (Å²) in [6.45, 7) is 5.60. The van der Waals surface area contributed by atoms with Gasteiger partial charge in [0.1, 0.15) is 5.60 Å². The molecule has 1 saturated heterocycles. The fourth-order valence-corrected chi connectivity index (χ4v) is 2.37. The molecule has 0 unspecified atom stereocenters. The smallest absolute Gasteiger partial charge is 0.417 e. The summed E-state index contributed by atoms with van der Waals surface area (Å²) in [6, 6.07) is 7.46. The number of carbonyl (C=O) groups excluding carboxylic acids is 2. The quantitative estimate of drug-likeness (QED) is 0.908. The summed E-state index contributed by atoms with van der Waals surface area (Å²) in [5.74, 6) is -0.264. The minimum atomic E-state index is -0.619. The van der Waals surface area contributed by atoms with Crippen molar-refractivity contribution in [2.75, 3.05) is 6.54 Å². The number of aliphatic hydroxyl groups is 1. The Morgan fingerprint density at radius 1 is 1.43 bits per heavy atom. The molecule has 1 aromatic rings. The van der Waals surface area contributed by atoms with Crippen LogP contribution in [-0.4, -0.2) is 34.2 Å². The summed E-state index contributed by atoms with van der Waals surface area (Å²) < 4.78 is 5.25. The molecular weight excluding hydrogens is 270 g/mol. The molecule has 21 heavy (non-hydrogen) atoms. The maximum absolute atomic E-state index is 12.0. The fourth-order valence-electron chi connectivity index (χ4n) is 2.37. The number of carbonyl (C=O) groups is 2.